The summed E-state index contributed by atoms with van der Waals surface area (Å²) < 4.78 is 8.84. The highest BCUT2D eigenvalue weighted by atomic mass is 16.5. The number of imidazole rings is 1. The van der Waals surface area contributed by atoms with E-state index in [9.17, 15) is 14.4 Å². The van der Waals surface area contributed by atoms with Crippen molar-refractivity contribution < 1.29 is 9.53 Å². The van der Waals surface area contributed by atoms with Crippen LogP contribution in [-0.4, -0.2) is 60.9 Å². The average Bonchev–Trinajstić information content (AvgIpc) is 3.31. The molecule has 5 rings (SSSR count). The van der Waals surface area contributed by atoms with Gasteiger partial charge in [0.05, 0.1) is 31.4 Å². The lowest BCUT2D eigenvalue weighted by atomic mass is 10.1. The van der Waals surface area contributed by atoms with Gasteiger partial charge in [0.25, 0.3) is 5.56 Å². The van der Waals surface area contributed by atoms with Crippen LogP contribution in [0.2, 0.25) is 0 Å². The maximum atomic E-state index is 14.1. The molecule has 0 bridgehead atoms. The van der Waals surface area contributed by atoms with Crippen molar-refractivity contribution in [2.45, 2.75) is 52.4 Å². The highest BCUT2D eigenvalue weighted by Crippen LogP contribution is 2.23. The molecule has 0 amide bonds. The van der Waals surface area contributed by atoms with Gasteiger partial charge in [-0.05, 0) is 32.8 Å². The molecule has 0 radical (unpaired) electrons. The van der Waals surface area contributed by atoms with Gasteiger partial charge in [-0.15, -0.1) is 5.92 Å². The summed E-state index contributed by atoms with van der Waals surface area (Å²) in [5.41, 5.74) is 6.50. The highest BCUT2D eigenvalue weighted by Gasteiger charge is 2.28. The number of hydrogen-bond donors (Lipinski definition) is 1. The van der Waals surface area contributed by atoms with E-state index in [2.05, 4.69) is 21.8 Å². The first-order chi connectivity index (χ1) is 18.8. The standard InChI is InChI=1S/C27H30N8O4/c1-4-5-13-33-23-24(31-26(33)32-12-8-9-18(28)14-32)34(16-22(36)39-3)27(38)35(25(23)37)15-21-19-10-6-7-11-20(19)29-17(2)30-21/h6-7,10-11,18H,8-9,12-16,28H2,1-3H3. The SMILES string of the molecule is CC#CCn1c(N2CCCC(N)C2)nc2c1c(=O)n(Cc1nc(C)nc3ccccc13)c(=O)n2CC(=O)OC. The third-order valence-corrected chi connectivity index (χ3v) is 6.87. The van der Waals surface area contributed by atoms with Gasteiger partial charge in [0.1, 0.15) is 12.4 Å². The normalized spacial score (nSPS) is 15.4. The molecule has 0 aliphatic carbocycles. The second-order valence-electron chi connectivity index (χ2n) is 9.52. The van der Waals surface area contributed by atoms with Crippen molar-refractivity contribution in [2.75, 3.05) is 25.1 Å². The number of carbonyl (C=O) groups is 1. The van der Waals surface area contributed by atoms with Crippen molar-refractivity contribution in [3.63, 3.8) is 0 Å². The van der Waals surface area contributed by atoms with Crippen LogP contribution < -0.4 is 21.9 Å². The van der Waals surface area contributed by atoms with Crippen LogP contribution in [0.1, 0.15) is 31.3 Å². The molecular formula is C27H30N8O4. The number of aryl methyl sites for hydroxylation is 1. The first-order valence-electron chi connectivity index (χ1n) is 12.8. The van der Waals surface area contributed by atoms with Gasteiger partial charge in [-0.2, -0.15) is 4.98 Å². The van der Waals surface area contributed by atoms with Gasteiger partial charge in [-0.3, -0.25) is 23.3 Å². The number of carbonyl (C=O) groups excluding carboxylic acids is 1. The summed E-state index contributed by atoms with van der Waals surface area (Å²) in [6.07, 6.45) is 1.75. The van der Waals surface area contributed by atoms with Gasteiger partial charge >= 0.3 is 11.7 Å². The Balaban J connectivity index is 1.79. The summed E-state index contributed by atoms with van der Waals surface area (Å²) in [6, 6.07) is 7.36. The van der Waals surface area contributed by atoms with E-state index in [-0.39, 0.29) is 30.3 Å². The summed E-state index contributed by atoms with van der Waals surface area (Å²) >= 11 is 0. The molecule has 12 heteroatoms. The first kappa shape index (κ1) is 26.1. The monoisotopic (exact) mass is 530 g/mol. The second-order valence-corrected chi connectivity index (χ2v) is 9.52. The van der Waals surface area contributed by atoms with Crippen molar-refractivity contribution in [1.29, 1.82) is 0 Å². The summed E-state index contributed by atoms with van der Waals surface area (Å²) in [5.74, 6) is 6.24. The molecule has 1 aliphatic heterocycles. The molecule has 1 atom stereocenters. The average molecular weight is 531 g/mol. The fourth-order valence-electron chi connectivity index (χ4n) is 5.04. The number of para-hydroxylation sites is 1. The first-order valence-corrected chi connectivity index (χ1v) is 12.8. The Kier molecular flexibility index (Phi) is 7.17. The van der Waals surface area contributed by atoms with Crippen molar-refractivity contribution in [3.8, 4) is 11.8 Å². The number of aromatic nitrogens is 6. The Labute approximate surface area is 224 Å². The predicted molar refractivity (Wildman–Crippen MR) is 147 cm³/mol. The van der Waals surface area contributed by atoms with E-state index >= 15 is 0 Å². The largest absolute Gasteiger partial charge is 0.468 e. The zero-order valence-corrected chi connectivity index (χ0v) is 22.2. The van der Waals surface area contributed by atoms with Crippen LogP contribution >= 0.6 is 0 Å². The Morgan fingerprint density at radius 2 is 1.95 bits per heavy atom. The number of nitrogens with two attached hydrogens (primary N) is 1. The van der Waals surface area contributed by atoms with E-state index in [0.717, 1.165) is 22.8 Å². The Morgan fingerprint density at radius 1 is 1.15 bits per heavy atom. The molecule has 1 unspecified atom stereocenters. The van der Waals surface area contributed by atoms with Crippen LogP contribution in [0.25, 0.3) is 22.1 Å². The molecule has 3 aromatic heterocycles. The smallest absolute Gasteiger partial charge is 0.333 e. The summed E-state index contributed by atoms with van der Waals surface area (Å²) in [5, 5.41) is 0.724. The lowest BCUT2D eigenvalue weighted by molar-refractivity contribution is -0.141. The van der Waals surface area contributed by atoms with Crippen molar-refractivity contribution >= 4 is 34.0 Å². The minimum Gasteiger partial charge on any atom is -0.468 e. The van der Waals surface area contributed by atoms with E-state index in [4.69, 9.17) is 15.5 Å². The molecule has 4 heterocycles. The van der Waals surface area contributed by atoms with Crippen LogP contribution in [0, 0.1) is 18.8 Å². The molecular weight excluding hydrogens is 500 g/mol. The van der Waals surface area contributed by atoms with Crippen LogP contribution in [0.5, 0.6) is 0 Å². The maximum Gasteiger partial charge on any atom is 0.333 e. The second kappa shape index (κ2) is 10.7. The summed E-state index contributed by atoms with van der Waals surface area (Å²) in [7, 11) is 1.24. The third-order valence-electron chi connectivity index (χ3n) is 6.87. The molecule has 1 fully saturated rings. The van der Waals surface area contributed by atoms with Crippen LogP contribution in [0.15, 0.2) is 33.9 Å². The number of benzene rings is 1. The van der Waals surface area contributed by atoms with Crippen LogP contribution in [0.4, 0.5) is 5.95 Å². The number of methoxy groups -OCH3 is 1. The number of hydrogen-bond acceptors (Lipinski definition) is 9. The van der Waals surface area contributed by atoms with Crippen LogP contribution in [0.3, 0.4) is 0 Å². The Morgan fingerprint density at radius 3 is 2.69 bits per heavy atom. The van der Waals surface area contributed by atoms with E-state index in [1.165, 1.54) is 11.7 Å². The molecule has 12 nitrogen and oxygen atoms in total. The highest BCUT2D eigenvalue weighted by molar-refractivity contribution is 5.81. The number of nitrogens with zero attached hydrogens (tertiary/aromatic N) is 7. The molecule has 2 N–H and O–H groups in total. The van der Waals surface area contributed by atoms with E-state index in [1.54, 1.807) is 18.4 Å². The zero-order chi connectivity index (χ0) is 27.7. The minimum absolute atomic E-state index is 0.0486. The Bertz CT molecular complexity index is 1760. The number of rotatable bonds is 6. The van der Waals surface area contributed by atoms with Crippen molar-refractivity contribution in [3.05, 3.63) is 56.6 Å². The van der Waals surface area contributed by atoms with E-state index in [1.807, 2.05) is 29.2 Å². The van der Waals surface area contributed by atoms with Crippen molar-refractivity contribution in [2.24, 2.45) is 5.73 Å². The zero-order valence-electron chi connectivity index (χ0n) is 22.2. The number of fused-ring (bicyclic) bond motifs is 2. The lowest BCUT2D eigenvalue weighted by Crippen LogP contribution is -2.44. The summed E-state index contributed by atoms with van der Waals surface area (Å²) in [4.78, 5) is 56.0. The topological polar surface area (TPSA) is 143 Å². The fraction of sp³-hybridized carbons (Fsp3) is 0.407. The molecule has 39 heavy (non-hydrogen) atoms. The van der Waals surface area contributed by atoms with Gasteiger partial charge in [0.15, 0.2) is 11.2 Å². The number of ether oxygens (including phenoxy) is 1. The summed E-state index contributed by atoms with van der Waals surface area (Å²) in [6.45, 7) is 4.35. The minimum atomic E-state index is -0.689. The molecule has 1 aromatic carbocycles. The van der Waals surface area contributed by atoms with Gasteiger partial charge in [0, 0.05) is 24.5 Å². The molecule has 0 spiro atoms. The number of esters is 1. The number of piperidine rings is 1. The van der Waals surface area contributed by atoms with Gasteiger partial charge in [-0.1, -0.05) is 24.1 Å². The maximum absolute atomic E-state index is 14.1. The fourth-order valence-corrected chi connectivity index (χ4v) is 5.04. The predicted octanol–water partition coefficient (Wildman–Crippen LogP) is 0.783. The number of anilines is 1. The van der Waals surface area contributed by atoms with Crippen molar-refractivity contribution in [1.82, 2.24) is 28.7 Å². The van der Waals surface area contributed by atoms with Gasteiger partial charge < -0.3 is 15.4 Å². The molecule has 202 valence electrons. The van der Waals surface area contributed by atoms with Crippen LogP contribution in [-0.2, 0) is 29.2 Å². The van der Waals surface area contributed by atoms with Gasteiger partial charge in [0.2, 0.25) is 5.95 Å². The quantitative estimate of drug-likeness (QED) is 0.283. The Hall–Kier alpha value is -4.50. The van der Waals surface area contributed by atoms with E-state index in [0.29, 0.717) is 36.1 Å². The van der Waals surface area contributed by atoms with E-state index < -0.39 is 23.8 Å². The molecule has 4 aromatic rings. The third kappa shape index (κ3) is 4.88. The molecule has 1 saturated heterocycles. The molecule has 1 aliphatic rings. The lowest BCUT2D eigenvalue weighted by Gasteiger charge is -2.31. The molecule has 0 saturated carbocycles. The van der Waals surface area contributed by atoms with Gasteiger partial charge in [-0.25, -0.2) is 14.8 Å².